The third kappa shape index (κ3) is 3.92. The highest BCUT2D eigenvalue weighted by molar-refractivity contribution is 7.87. The van der Waals surface area contributed by atoms with Crippen molar-refractivity contribution in [2.75, 3.05) is 44.3 Å². The normalized spacial score (nSPS) is 18.8. The van der Waals surface area contributed by atoms with Gasteiger partial charge in [0.05, 0.1) is 24.5 Å². The van der Waals surface area contributed by atoms with E-state index < -0.39 is 16.1 Å². The molecule has 3 rings (SSSR count). The van der Waals surface area contributed by atoms with Crippen molar-refractivity contribution in [1.82, 2.24) is 9.03 Å². The minimum absolute atomic E-state index is 0.149. The van der Waals surface area contributed by atoms with Crippen molar-refractivity contribution < 1.29 is 17.9 Å². The summed E-state index contributed by atoms with van der Waals surface area (Å²) < 4.78 is 32.9. The smallest absolute Gasteiger partial charge is 0.304 e. The number of rotatable bonds is 4. The van der Waals surface area contributed by atoms with Gasteiger partial charge in [-0.2, -0.15) is 18.0 Å². The summed E-state index contributed by atoms with van der Waals surface area (Å²) >= 11 is 0. The zero-order valence-corrected chi connectivity index (χ0v) is 14.6. The molecule has 1 N–H and O–H groups in total. The molecule has 0 saturated carbocycles. The summed E-state index contributed by atoms with van der Waals surface area (Å²) in [7, 11) is -3.92. The van der Waals surface area contributed by atoms with Crippen molar-refractivity contribution >= 4 is 21.8 Å². The van der Waals surface area contributed by atoms with Gasteiger partial charge in [-0.3, -0.25) is 4.79 Å². The number of nitrogens with zero attached hydrogens (tertiary/aromatic N) is 3. The third-order valence-electron chi connectivity index (χ3n) is 4.36. The van der Waals surface area contributed by atoms with Gasteiger partial charge < -0.3 is 9.64 Å². The van der Waals surface area contributed by atoms with Gasteiger partial charge in [0, 0.05) is 31.7 Å². The van der Waals surface area contributed by atoms with Gasteiger partial charge in [-0.05, 0) is 31.0 Å². The number of benzene rings is 1. The van der Waals surface area contributed by atoms with Crippen LogP contribution in [0.2, 0.25) is 0 Å². The van der Waals surface area contributed by atoms with Crippen molar-refractivity contribution in [2.24, 2.45) is 0 Å². The first-order chi connectivity index (χ1) is 12.0. The largest absolute Gasteiger partial charge is 0.379 e. The van der Waals surface area contributed by atoms with E-state index in [0.29, 0.717) is 18.8 Å². The number of hydrogen-bond acceptors (Lipinski definition) is 6. The van der Waals surface area contributed by atoms with Gasteiger partial charge in [0.2, 0.25) is 0 Å². The van der Waals surface area contributed by atoms with Gasteiger partial charge in [0.1, 0.15) is 6.07 Å². The Morgan fingerprint density at radius 3 is 2.48 bits per heavy atom. The first-order valence-corrected chi connectivity index (χ1v) is 9.64. The monoisotopic (exact) mass is 364 g/mol. The standard InChI is InChI=1S/C16H20N4O4S/c17-12-14-11-13(3-4-15(14)19-5-1-2-6-19)16(21)18-25(22,23)20-7-9-24-10-8-20/h3-4,11H,1-2,5-10H2,(H,18,21). The van der Waals surface area contributed by atoms with Crippen LogP contribution >= 0.6 is 0 Å². The van der Waals surface area contributed by atoms with Crippen LogP contribution in [-0.4, -0.2) is 58.0 Å². The highest BCUT2D eigenvalue weighted by Gasteiger charge is 2.27. The number of hydrogen-bond donors (Lipinski definition) is 1. The van der Waals surface area contributed by atoms with E-state index in [1.54, 1.807) is 12.1 Å². The molecule has 0 aliphatic carbocycles. The van der Waals surface area contributed by atoms with Crippen molar-refractivity contribution in [3.05, 3.63) is 29.3 Å². The first kappa shape index (κ1) is 17.7. The van der Waals surface area contributed by atoms with Crippen LogP contribution < -0.4 is 9.62 Å². The molecular weight excluding hydrogens is 344 g/mol. The van der Waals surface area contributed by atoms with Crippen LogP contribution in [0.5, 0.6) is 0 Å². The van der Waals surface area contributed by atoms with Crippen molar-refractivity contribution in [1.29, 1.82) is 5.26 Å². The topological polar surface area (TPSA) is 103 Å². The number of nitrogens with one attached hydrogen (secondary N) is 1. The molecule has 2 fully saturated rings. The number of carbonyl (C=O) groups excluding carboxylic acids is 1. The van der Waals surface area contributed by atoms with Crippen LogP contribution in [0.25, 0.3) is 0 Å². The number of morpholine rings is 1. The Bertz CT molecular complexity index is 791. The lowest BCUT2D eigenvalue weighted by Crippen LogP contribution is -2.48. The van der Waals surface area contributed by atoms with E-state index >= 15 is 0 Å². The van der Waals surface area contributed by atoms with E-state index in [-0.39, 0.29) is 18.7 Å². The average molecular weight is 364 g/mol. The molecule has 2 saturated heterocycles. The van der Waals surface area contributed by atoms with E-state index in [4.69, 9.17) is 4.74 Å². The molecule has 0 atom stereocenters. The molecule has 1 aromatic carbocycles. The van der Waals surface area contributed by atoms with Gasteiger partial charge in [-0.1, -0.05) is 0 Å². The summed E-state index contributed by atoms with van der Waals surface area (Å²) in [5, 5.41) is 9.37. The highest BCUT2D eigenvalue weighted by atomic mass is 32.2. The molecule has 2 aliphatic heterocycles. The fourth-order valence-corrected chi connectivity index (χ4v) is 4.14. The Morgan fingerprint density at radius 2 is 1.84 bits per heavy atom. The molecule has 0 spiro atoms. The maximum absolute atomic E-state index is 12.3. The molecule has 25 heavy (non-hydrogen) atoms. The van der Waals surface area contributed by atoms with Crippen molar-refractivity contribution in [3.8, 4) is 6.07 Å². The molecule has 0 aromatic heterocycles. The lowest BCUT2D eigenvalue weighted by molar-refractivity contribution is 0.0719. The molecule has 2 aliphatic rings. The number of anilines is 1. The summed E-state index contributed by atoms with van der Waals surface area (Å²) in [4.78, 5) is 14.4. The van der Waals surface area contributed by atoms with Gasteiger partial charge in [-0.25, -0.2) is 4.72 Å². The third-order valence-corrected chi connectivity index (χ3v) is 5.85. The van der Waals surface area contributed by atoms with Crippen LogP contribution in [0.4, 0.5) is 5.69 Å². The lowest BCUT2D eigenvalue weighted by atomic mass is 10.1. The van der Waals surface area contributed by atoms with Crippen LogP contribution in [0.1, 0.15) is 28.8 Å². The Labute approximate surface area is 147 Å². The van der Waals surface area contributed by atoms with Crippen LogP contribution in [-0.2, 0) is 14.9 Å². The highest BCUT2D eigenvalue weighted by Crippen LogP contribution is 2.25. The number of ether oxygens (including phenoxy) is 1. The molecule has 8 nitrogen and oxygen atoms in total. The van der Waals surface area contributed by atoms with E-state index in [9.17, 15) is 18.5 Å². The van der Waals surface area contributed by atoms with Gasteiger partial charge in [-0.15, -0.1) is 0 Å². The molecule has 134 valence electrons. The van der Waals surface area contributed by atoms with Crippen molar-refractivity contribution in [3.63, 3.8) is 0 Å². The second-order valence-corrected chi connectivity index (χ2v) is 7.66. The van der Waals surface area contributed by atoms with E-state index in [2.05, 4.69) is 15.7 Å². The summed E-state index contributed by atoms with van der Waals surface area (Å²) in [6.45, 7) is 2.79. The predicted octanol–water partition coefficient (Wildman–Crippen LogP) is 0.465. The van der Waals surface area contributed by atoms with Crippen LogP contribution in [0.15, 0.2) is 18.2 Å². The SMILES string of the molecule is N#Cc1cc(C(=O)NS(=O)(=O)N2CCOCC2)ccc1N1CCCC1. The molecule has 2 heterocycles. The van der Waals surface area contributed by atoms with Crippen molar-refractivity contribution in [2.45, 2.75) is 12.8 Å². The van der Waals surface area contributed by atoms with Gasteiger partial charge in [0.15, 0.2) is 0 Å². The minimum atomic E-state index is -3.92. The van der Waals surface area contributed by atoms with Crippen LogP contribution in [0.3, 0.4) is 0 Å². The number of amides is 1. The van der Waals surface area contributed by atoms with E-state index in [1.165, 1.54) is 10.4 Å². The molecule has 0 bridgehead atoms. The maximum Gasteiger partial charge on any atom is 0.304 e. The molecule has 1 amide bonds. The zero-order valence-electron chi connectivity index (χ0n) is 13.8. The van der Waals surface area contributed by atoms with E-state index in [0.717, 1.165) is 31.6 Å². The number of carbonyl (C=O) groups is 1. The van der Waals surface area contributed by atoms with Crippen LogP contribution in [0, 0.1) is 11.3 Å². The number of nitriles is 1. The summed E-state index contributed by atoms with van der Waals surface area (Å²) in [5.74, 6) is -0.740. The Morgan fingerprint density at radius 1 is 1.16 bits per heavy atom. The Hall–Kier alpha value is -2.15. The van der Waals surface area contributed by atoms with E-state index in [1.807, 2.05) is 0 Å². The average Bonchev–Trinajstić information content (AvgIpc) is 3.16. The first-order valence-electron chi connectivity index (χ1n) is 8.20. The molecule has 0 unspecified atom stereocenters. The minimum Gasteiger partial charge on any atom is -0.379 e. The predicted molar refractivity (Wildman–Crippen MR) is 91.4 cm³/mol. The summed E-state index contributed by atoms with van der Waals surface area (Å²) in [6, 6.07) is 6.80. The van der Waals surface area contributed by atoms with Gasteiger partial charge >= 0.3 is 10.2 Å². The fraction of sp³-hybridized carbons (Fsp3) is 0.500. The second kappa shape index (κ2) is 7.39. The Kier molecular flexibility index (Phi) is 5.22. The molecule has 0 radical (unpaired) electrons. The fourth-order valence-electron chi connectivity index (χ4n) is 3.03. The zero-order chi connectivity index (χ0) is 17.9. The van der Waals surface area contributed by atoms with Gasteiger partial charge in [0.25, 0.3) is 5.91 Å². The molecule has 9 heteroatoms. The maximum atomic E-state index is 12.3. The molecular formula is C16H20N4O4S. The second-order valence-electron chi connectivity index (χ2n) is 5.99. The lowest BCUT2D eigenvalue weighted by Gasteiger charge is -2.26. The summed E-state index contributed by atoms with van der Waals surface area (Å²) in [5.41, 5.74) is 1.31. The molecule has 1 aromatic rings. The Balaban J connectivity index is 1.77. The quantitative estimate of drug-likeness (QED) is 0.833. The summed E-state index contributed by atoms with van der Waals surface area (Å²) in [6.07, 6.45) is 2.15.